The van der Waals surface area contributed by atoms with Gasteiger partial charge in [-0.05, 0) is 0 Å². The predicted molar refractivity (Wildman–Crippen MR) is 49.0 cm³/mol. The highest BCUT2D eigenvalue weighted by Gasteiger charge is 2.34. The molecule has 0 amide bonds. The van der Waals surface area contributed by atoms with E-state index in [0.717, 1.165) is 11.8 Å². The second-order valence-corrected chi connectivity index (χ2v) is 4.09. The van der Waals surface area contributed by atoms with E-state index in [4.69, 9.17) is 0 Å². The lowest BCUT2D eigenvalue weighted by molar-refractivity contribution is -0.142. The fourth-order valence-electron chi connectivity index (χ4n) is 1.14. The van der Waals surface area contributed by atoms with Gasteiger partial charge in [0, 0.05) is 13.5 Å². The van der Waals surface area contributed by atoms with E-state index in [-0.39, 0.29) is 16.3 Å². The lowest BCUT2D eigenvalue weighted by atomic mass is 10.2. The Bertz CT molecular complexity index is 222. The molecular formula is C7H12N2O3S. The van der Waals surface area contributed by atoms with Crippen molar-refractivity contribution in [2.45, 2.75) is 18.2 Å². The largest absolute Gasteiger partial charge is 0.468 e. The molecule has 1 heterocycles. The number of hydrogen-bond acceptors (Lipinski definition) is 6. The molecule has 1 rings (SSSR count). The van der Waals surface area contributed by atoms with Crippen LogP contribution in [0.1, 0.15) is 6.92 Å². The van der Waals surface area contributed by atoms with Crippen molar-refractivity contribution in [2.24, 2.45) is 0 Å². The molecule has 2 unspecified atom stereocenters. The van der Waals surface area contributed by atoms with Gasteiger partial charge in [-0.15, -0.1) is 0 Å². The van der Waals surface area contributed by atoms with E-state index in [2.05, 4.69) is 15.6 Å². The van der Waals surface area contributed by atoms with E-state index >= 15 is 0 Å². The monoisotopic (exact) mass is 204 g/mol. The number of hydrazine groups is 1. The first-order valence-electron chi connectivity index (χ1n) is 3.88. The molecule has 1 aliphatic heterocycles. The van der Waals surface area contributed by atoms with Crippen molar-refractivity contribution in [3.8, 4) is 0 Å². The van der Waals surface area contributed by atoms with Crippen LogP contribution in [0.4, 0.5) is 0 Å². The molecule has 0 bridgehead atoms. The second kappa shape index (κ2) is 4.59. The second-order valence-electron chi connectivity index (χ2n) is 2.67. The zero-order valence-corrected chi connectivity index (χ0v) is 8.31. The minimum Gasteiger partial charge on any atom is -0.468 e. The van der Waals surface area contributed by atoms with Crippen molar-refractivity contribution in [3.63, 3.8) is 0 Å². The summed E-state index contributed by atoms with van der Waals surface area (Å²) in [4.78, 5) is 22.0. The molecule has 74 valence electrons. The molecule has 0 saturated carbocycles. The topological polar surface area (TPSA) is 67.4 Å². The Balaban J connectivity index is 2.53. The Morgan fingerprint density at radius 2 is 2.23 bits per heavy atom. The molecule has 2 atom stereocenters. The first-order chi connectivity index (χ1) is 6.15. The maximum Gasteiger partial charge on any atom is 0.325 e. The van der Waals surface area contributed by atoms with Gasteiger partial charge in [0.1, 0.15) is 6.04 Å². The van der Waals surface area contributed by atoms with Crippen molar-refractivity contribution in [3.05, 3.63) is 0 Å². The van der Waals surface area contributed by atoms with E-state index < -0.39 is 6.04 Å². The fourth-order valence-corrected chi connectivity index (χ4v) is 2.05. The van der Waals surface area contributed by atoms with E-state index in [9.17, 15) is 9.59 Å². The van der Waals surface area contributed by atoms with Crippen LogP contribution in [0.2, 0.25) is 0 Å². The smallest absolute Gasteiger partial charge is 0.325 e. The minimum absolute atomic E-state index is 0.00408. The summed E-state index contributed by atoms with van der Waals surface area (Å²) in [7, 11) is 1.33. The molecule has 6 heteroatoms. The number of rotatable bonds is 2. The Morgan fingerprint density at radius 3 is 2.77 bits per heavy atom. The Hall–Kier alpha value is -0.590. The van der Waals surface area contributed by atoms with Crippen molar-refractivity contribution in [1.82, 2.24) is 10.9 Å². The van der Waals surface area contributed by atoms with Gasteiger partial charge in [0.2, 0.25) is 0 Å². The quantitative estimate of drug-likeness (QED) is 0.579. The molecule has 0 aromatic heterocycles. The summed E-state index contributed by atoms with van der Waals surface area (Å²) in [6.45, 7) is 2.07. The number of nitrogens with one attached hydrogen (secondary N) is 2. The van der Waals surface area contributed by atoms with Crippen molar-refractivity contribution in [2.75, 3.05) is 13.7 Å². The highest BCUT2D eigenvalue weighted by molar-refractivity contribution is 8.14. The van der Waals surface area contributed by atoms with Gasteiger partial charge in [0.25, 0.3) is 0 Å². The molecule has 13 heavy (non-hydrogen) atoms. The van der Waals surface area contributed by atoms with E-state index in [1.165, 1.54) is 14.0 Å². The van der Waals surface area contributed by atoms with Crippen molar-refractivity contribution >= 4 is 22.8 Å². The third-order valence-electron chi connectivity index (χ3n) is 1.71. The predicted octanol–water partition coefficient (Wildman–Crippen LogP) is -0.716. The summed E-state index contributed by atoms with van der Waals surface area (Å²) < 4.78 is 4.58. The fraction of sp³-hybridized carbons (Fsp3) is 0.714. The van der Waals surface area contributed by atoms with Gasteiger partial charge >= 0.3 is 5.97 Å². The van der Waals surface area contributed by atoms with Crippen LogP contribution in [0, 0.1) is 0 Å². The van der Waals surface area contributed by atoms with E-state index in [1.54, 1.807) is 0 Å². The Labute approximate surface area is 80.6 Å². The first kappa shape index (κ1) is 10.5. The Morgan fingerprint density at radius 1 is 1.54 bits per heavy atom. The summed E-state index contributed by atoms with van der Waals surface area (Å²) >= 11 is 1.15. The van der Waals surface area contributed by atoms with Gasteiger partial charge in [-0.25, -0.2) is 5.43 Å². The summed E-state index contributed by atoms with van der Waals surface area (Å²) in [5.74, 6) is -0.344. The molecule has 1 aliphatic rings. The number of ether oxygens (including phenoxy) is 1. The first-order valence-corrected chi connectivity index (χ1v) is 4.76. The molecule has 2 N–H and O–H groups in total. The highest BCUT2D eigenvalue weighted by atomic mass is 32.2. The number of carbonyl (C=O) groups is 2. The van der Waals surface area contributed by atoms with Crippen LogP contribution in [0.5, 0.6) is 0 Å². The number of thioether (sulfide) groups is 1. The van der Waals surface area contributed by atoms with Crippen molar-refractivity contribution < 1.29 is 14.3 Å². The molecule has 0 radical (unpaired) electrons. The molecule has 0 spiro atoms. The molecule has 0 aromatic carbocycles. The zero-order valence-electron chi connectivity index (χ0n) is 7.49. The normalized spacial score (nSPS) is 27.2. The number of carbonyl (C=O) groups excluding carboxylic acids is 2. The molecule has 0 aliphatic carbocycles. The van der Waals surface area contributed by atoms with Crippen LogP contribution in [0.25, 0.3) is 0 Å². The van der Waals surface area contributed by atoms with Crippen LogP contribution in [0.15, 0.2) is 0 Å². The van der Waals surface area contributed by atoms with E-state index in [1.807, 2.05) is 0 Å². The van der Waals surface area contributed by atoms with Crippen LogP contribution < -0.4 is 10.9 Å². The number of methoxy groups -OCH3 is 1. The zero-order chi connectivity index (χ0) is 9.84. The summed E-state index contributed by atoms with van der Waals surface area (Å²) in [5, 5.41) is -0.0747. The highest BCUT2D eigenvalue weighted by Crippen LogP contribution is 2.18. The molecule has 1 fully saturated rings. The average molecular weight is 204 g/mol. The van der Waals surface area contributed by atoms with Crippen LogP contribution >= 0.6 is 11.8 Å². The van der Waals surface area contributed by atoms with Crippen LogP contribution in [-0.2, 0) is 14.3 Å². The van der Waals surface area contributed by atoms with Gasteiger partial charge in [-0.3, -0.25) is 15.0 Å². The molecule has 0 aromatic rings. The average Bonchev–Trinajstić information content (AvgIpc) is 2.50. The third-order valence-corrected chi connectivity index (χ3v) is 2.78. The maximum absolute atomic E-state index is 11.2. The van der Waals surface area contributed by atoms with Gasteiger partial charge in [0.05, 0.1) is 12.4 Å². The number of hydrogen-bond donors (Lipinski definition) is 2. The molecule has 1 saturated heterocycles. The summed E-state index contributed by atoms with van der Waals surface area (Å²) in [6, 6.07) is -0.432. The number of esters is 1. The maximum atomic E-state index is 11.2. The Kier molecular flexibility index (Phi) is 3.71. The lowest BCUT2D eigenvalue weighted by Gasteiger charge is -2.13. The SMILES string of the molecule is COC(=O)C1NNCC1SC(C)=O. The molecule has 5 nitrogen and oxygen atoms in total. The summed E-state index contributed by atoms with van der Waals surface area (Å²) in [6.07, 6.45) is 0. The van der Waals surface area contributed by atoms with Crippen LogP contribution in [-0.4, -0.2) is 36.0 Å². The standard InChI is InChI=1S/C7H12N2O3S/c1-4(10)13-5-3-8-9-6(5)7(11)12-2/h5-6,8-9H,3H2,1-2H3. The summed E-state index contributed by atoms with van der Waals surface area (Å²) in [5.41, 5.74) is 5.58. The van der Waals surface area contributed by atoms with Crippen LogP contribution in [0.3, 0.4) is 0 Å². The van der Waals surface area contributed by atoms with Gasteiger partial charge < -0.3 is 4.74 Å². The molecular weight excluding hydrogens is 192 g/mol. The van der Waals surface area contributed by atoms with E-state index in [0.29, 0.717) is 6.54 Å². The lowest BCUT2D eigenvalue weighted by Crippen LogP contribution is -2.40. The van der Waals surface area contributed by atoms with Crippen molar-refractivity contribution in [1.29, 1.82) is 0 Å². The minimum atomic E-state index is -0.432. The van der Waals surface area contributed by atoms with Gasteiger partial charge in [-0.2, -0.15) is 0 Å². The van der Waals surface area contributed by atoms with Gasteiger partial charge in [0.15, 0.2) is 5.12 Å². The van der Waals surface area contributed by atoms with Gasteiger partial charge in [-0.1, -0.05) is 11.8 Å². The third kappa shape index (κ3) is 2.68.